The fourth-order valence-electron chi connectivity index (χ4n) is 4.10. The standard InChI is InChI=1S/C29H32O4S5/c1-28(2,3)20-12-8-18(9-13-20)26-24(37(7,30)31)16-22(35-26)23-17-25(38(32,33)34)27(36-23)19-10-14-21(15-11-19)29(4,5)6/h8-17H,1-7H3,(H,32,33,34). The molecule has 0 saturated heterocycles. The van der Waals surface area contributed by atoms with Gasteiger partial charge in [0.1, 0.15) is 0 Å². The Bertz CT molecular complexity index is 1560. The Morgan fingerprint density at radius 1 is 0.658 bits per heavy atom. The third-order valence-electron chi connectivity index (χ3n) is 6.34. The molecule has 0 aliphatic rings. The van der Waals surface area contributed by atoms with Crippen LogP contribution in [0.3, 0.4) is 0 Å². The fraction of sp³-hybridized carbons (Fsp3) is 0.310. The first-order valence-electron chi connectivity index (χ1n) is 12.0. The number of hydrogen-bond acceptors (Lipinski definition) is 6. The summed E-state index contributed by atoms with van der Waals surface area (Å²) in [6.45, 7) is 12.8. The largest absolute Gasteiger partial charge is 0.302 e. The molecule has 0 radical (unpaired) electrons. The van der Waals surface area contributed by atoms with E-state index in [9.17, 15) is 17.2 Å². The van der Waals surface area contributed by atoms with Crippen molar-refractivity contribution in [3.63, 3.8) is 0 Å². The van der Waals surface area contributed by atoms with E-state index in [4.69, 9.17) is 11.2 Å². The lowest BCUT2D eigenvalue weighted by molar-refractivity contribution is 0.562. The summed E-state index contributed by atoms with van der Waals surface area (Å²) < 4.78 is 48.6. The van der Waals surface area contributed by atoms with Crippen molar-refractivity contribution in [2.24, 2.45) is 0 Å². The predicted molar refractivity (Wildman–Crippen MR) is 165 cm³/mol. The van der Waals surface area contributed by atoms with Crippen LogP contribution in [0.2, 0.25) is 0 Å². The van der Waals surface area contributed by atoms with E-state index < -0.39 is 18.6 Å². The maximum Gasteiger partial charge on any atom is 0.176 e. The molecule has 4 nitrogen and oxygen atoms in total. The average Bonchev–Trinajstić information content (AvgIpc) is 3.43. The predicted octanol–water partition coefficient (Wildman–Crippen LogP) is 8.39. The van der Waals surface area contributed by atoms with Crippen molar-refractivity contribution in [3.05, 3.63) is 71.8 Å². The maximum atomic E-state index is 12.8. The molecule has 38 heavy (non-hydrogen) atoms. The summed E-state index contributed by atoms with van der Waals surface area (Å²) in [7, 11) is -7.20. The highest BCUT2D eigenvalue weighted by molar-refractivity contribution is 8.29. The van der Waals surface area contributed by atoms with Crippen LogP contribution >= 0.6 is 22.7 Å². The lowest BCUT2D eigenvalue weighted by Crippen LogP contribution is -2.10. The molecule has 202 valence electrons. The summed E-state index contributed by atoms with van der Waals surface area (Å²) in [4.78, 5) is 3.11. The summed E-state index contributed by atoms with van der Waals surface area (Å²) >= 11 is 7.71. The molecule has 0 aliphatic heterocycles. The van der Waals surface area contributed by atoms with Gasteiger partial charge in [-0.2, -0.15) is 0 Å². The molecule has 1 unspecified atom stereocenters. The molecule has 2 aromatic carbocycles. The molecule has 2 aromatic heterocycles. The van der Waals surface area contributed by atoms with Crippen molar-refractivity contribution in [2.75, 3.05) is 6.26 Å². The van der Waals surface area contributed by atoms with Crippen LogP contribution in [0.5, 0.6) is 0 Å². The number of benzene rings is 2. The molecular formula is C29H32O4S5. The van der Waals surface area contributed by atoms with Crippen molar-refractivity contribution in [1.82, 2.24) is 0 Å². The van der Waals surface area contributed by atoms with Crippen molar-refractivity contribution in [3.8, 4) is 30.6 Å². The molecule has 0 amide bonds. The van der Waals surface area contributed by atoms with Crippen LogP contribution in [0.25, 0.3) is 30.6 Å². The second-order valence-electron chi connectivity index (χ2n) is 11.5. The molecular weight excluding hydrogens is 573 g/mol. The zero-order valence-corrected chi connectivity index (χ0v) is 26.6. The Balaban J connectivity index is 1.86. The lowest BCUT2D eigenvalue weighted by atomic mass is 9.86. The Kier molecular flexibility index (Phi) is 7.62. The number of rotatable bonds is 5. The molecule has 0 saturated carbocycles. The van der Waals surface area contributed by atoms with Crippen LogP contribution in [-0.2, 0) is 40.6 Å². The van der Waals surface area contributed by atoms with Gasteiger partial charge < -0.3 is 4.55 Å². The second kappa shape index (κ2) is 9.94. The monoisotopic (exact) mass is 604 g/mol. The zero-order chi connectivity index (χ0) is 28.3. The van der Waals surface area contributed by atoms with E-state index >= 15 is 0 Å². The Morgan fingerprint density at radius 3 is 1.32 bits per heavy atom. The SMILES string of the molecule is CC(C)(C)c1ccc(-c2sc(-c3cc(S(=O)(O)=S)c(-c4ccc(C(C)(C)C)cc4)s3)cc2S(C)(=O)=O)cc1. The topological polar surface area (TPSA) is 71.4 Å². The van der Waals surface area contributed by atoms with Gasteiger partial charge in [0, 0.05) is 27.2 Å². The number of hydrogen-bond donors (Lipinski definition) is 1. The van der Waals surface area contributed by atoms with Crippen LogP contribution in [-0.4, -0.2) is 23.4 Å². The van der Waals surface area contributed by atoms with Crippen molar-refractivity contribution in [2.45, 2.75) is 62.2 Å². The summed E-state index contributed by atoms with van der Waals surface area (Å²) in [5.74, 6) is 0. The van der Waals surface area contributed by atoms with Gasteiger partial charge in [-0.3, -0.25) is 0 Å². The van der Waals surface area contributed by atoms with Gasteiger partial charge >= 0.3 is 0 Å². The van der Waals surface area contributed by atoms with Crippen LogP contribution in [0, 0.1) is 0 Å². The average molecular weight is 605 g/mol. The third kappa shape index (κ3) is 6.13. The van der Waals surface area contributed by atoms with E-state index in [2.05, 4.69) is 41.5 Å². The van der Waals surface area contributed by atoms with E-state index in [1.807, 2.05) is 48.5 Å². The summed E-state index contributed by atoms with van der Waals surface area (Å²) in [5.41, 5.74) is 3.89. The normalized spacial score (nSPS) is 14.4. The van der Waals surface area contributed by atoms with Gasteiger partial charge in [0.2, 0.25) is 0 Å². The van der Waals surface area contributed by atoms with Crippen LogP contribution in [0.1, 0.15) is 52.7 Å². The van der Waals surface area contributed by atoms with E-state index in [0.717, 1.165) is 22.3 Å². The first-order valence-corrected chi connectivity index (χ1v) is 18.0. The minimum absolute atomic E-state index is 0.0185. The van der Waals surface area contributed by atoms with Crippen molar-refractivity contribution in [1.29, 1.82) is 0 Å². The van der Waals surface area contributed by atoms with Gasteiger partial charge in [-0.05, 0) is 45.2 Å². The number of thiophene rings is 2. The molecule has 2 heterocycles. The summed E-state index contributed by atoms with van der Waals surface area (Å²) in [5, 5.41) is 0. The maximum absolute atomic E-state index is 12.8. The summed E-state index contributed by atoms with van der Waals surface area (Å²) in [6.07, 6.45) is 1.21. The molecule has 4 rings (SSSR count). The van der Waals surface area contributed by atoms with E-state index in [-0.39, 0.29) is 20.6 Å². The van der Waals surface area contributed by atoms with E-state index in [1.54, 1.807) is 12.1 Å². The number of sulfone groups is 1. The Morgan fingerprint density at radius 2 is 1.00 bits per heavy atom. The van der Waals surface area contributed by atoms with Crippen LogP contribution in [0.15, 0.2) is 70.5 Å². The van der Waals surface area contributed by atoms with Crippen molar-refractivity contribution < 1.29 is 17.2 Å². The highest BCUT2D eigenvalue weighted by Gasteiger charge is 2.25. The molecule has 1 atom stereocenters. The fourth-order valence-corrected chi connectivity index (χ4v) is 9.44. The van der Waals surface area contributed by atoms with E-state index in [1.165, 1.54) is 28.9 Å². The van der Waals surface area contributed by atoms with Gasteiger partial charge in [-0.1, -0.05) is 90.1 Å². The van der Waals surface area contributed by atoms with Gasteiger partial charge in [-0.15, -0.1) is 22.7 Å². The van der Waals surface area contributed by atoms with Crippen LogP contribution < -0.4 is 0 Å². The van der Waals surface area contributed by atoms with Gasteiger partial charge in [0.05, 0.1) is 19.5 Å². The quantitative estimate of drug-likeness (QED) is 0.248. The molecule has 0 fully saturated rings. The molecule has 0 spiro atoms. The van der Waals surface area contributed by atoms with Gasteiger partial charge in [0.15, 0.2) is 18.6 Å². The van der Waals surface area contributed by atoms with Gasteiger partial charge in [-0.25, -0.2) is 12.6 Å². The zero-order valence-electron chi connectivity index (χ0n) is 22.5. The first-order chi connectivity index (χ1) is 17.4. The molecule has 4 aromatic rings. The third-order valence-corrected chi connectivity index (χ3v) is 11.7. The summed E-state index contributed by atoms with van der Waals surface area (Å²) in [6, 6.07) is 19.2. The second-order valence-corrected chi connectivity index (χ2v) is 18.3. The van der Waals surface area contributed by atoms with Crippen LogP contribution in [0.4, 0.5) is 0 Å². The molecule has 0 aliphatic carbocycles. The minimum atomic E-state index is -3.68. The highest BCUT2D eigenvalue weighted by atomic mass is 32.8. The smallest absolute Gasteiger partial charge is 0.176 e. The Hall–Kier alpha value is -1.88. The van der Waals surface area contributed by atoms with E-state index in [0.29, 0.717) is 19.5 Å². The molecule has 1 N–H and O–H groups in total. The minimum Gasteiger partial charge on any atom is -0.302 e. The molecule has 0 bridgehead atoms. The van der Waals surface area contributed by atoms with Gasteiger partial charge in [0.25, 0.3) is 0 Å². The lowest BCUT2D eigenvalue weighted by Gasteiger charge is -2.19. The molecule has 9 heteroatoms. The van der Waals surface area contributed by atoms with Crippen molar-refractivity contribution >= 4 is 52.5 Å². The first kappa shape index (κ1) is 29.1. The Labute approximate surface area is 239 Å². The highest BCUT2D eigenvalue weighted by Crippen LogP contribution is 2.47.